The molecule has 1 N–H and O–H groups in total. The lowest BCUT2D eigenvalue weighted by molar-refractivity contribution is 0.173. The number of rotatable bonds is 8. The third kappa shape index (κ3) is 4.84. The molecule has 0 saturated heterocycles. The lowest BCUT2D eigenvalue weighted by Crippen LogP contribution is -2.47. The summed E-state index contributed by atoms with van der Waals surface area (Å²) in [6.45, 7) is 0.337. The topological polar surface area (TPSA) is 111 Å². The fourth-order valence-corrected chi connectivity index (χ4v) is 9.14. The van der Waals surface area contributed by atoms with Gasteiger partial charge < -0.3 is 57.2 Å². The van der Waals surface area contributed by atoms with E-state index in [1.807, 2.05) is 24.3 Å². The lowest BCUT2D eigenvalue weighted by Gasteiger charge is -2.46. The monoisotopic (exact) mass is 771 g/mol. The van der Waals surface area contributed by atoms with E-state index in [2.05, 4.69) is 65.6 Å². The van der Waals surface area contributed by atoms with Crippen molar-refractivity contribution in [2.75, 3.05) is 80.1 Å². The Balaban J connectivity index is 1.26. The molecular formula is C44H41N3O10. The van der Waals surface area contributed by atoms with Gasteiger partial charge in [0.05, 0.1) is 54.0 Å². The maximum absolute atomic E-state index is 6.25. The summed E-state index contributed by atoms with van der Waals surface area (Å²) in [5, 5.41) is 8.07. The molecule has 13 nitrogen and oxygen atoms in total. The van der Waals surface area contributed by atoms with Crippen LogP contribution in [0.4, 0.5) is 11.4 Å². The molecule has 57 heavy (non-hydrogen) atoms. The van der Waals surface area contributed by atoms with Crippen molar-refractivity contribution in [3.05, 3.63) is 71.8 Å². The summed E-state index contributed by atoms with van der Waals surface area (Å²) in [4.78, 5) is 4.47. The normalized spacial score (nSPS) is 16.8. The minimum absolute atomic E-state index is 0.168. The van der Waals surface area contributed by atoms with E-state index in [1.54, 1.807) is 42.7 Å². The Labute approximate surface area is 329 Å². The standard InChI is InChI=1S/C44H41N3O10/c1-46-39-23(11-9-21-13-27-29(15-25(21)39)56-19-54-27)35-31(48-3)17-33(50-5)41(52-7)37(35)43(46)45-44-38-36(32(49-4)18-34(51-6)42(38)53-8)24-12-10-22-14-28-30(57-20-55-28)16-26(22)40(24)47(44)2/h9-18,43-45H,19-20H2,1-8H3. The van der Waals surface area contributed by atoms with Gasteiger partial charge in [-0.3, -0.25) is 5.32 Å². The Morgan fingerprint density at radius 2 is 0.877 bits per heavy atom. The third-order valence-electron chi connectivity index (χ3n) is 11.6. The minimum atomic E-state index is -0.554. The van der Waals surface area contributed by atoms with Crippen LogP contribution in [0.5, 0.6) is 57.5 Å². The van der Waals surface area contributed by atoms with Gasteiger partial charge in [-0.15, -0.1) is 0 Å². The quantitative estimate of drug-likeness (QED) is 0.161. The van der Waals surface area contributed by atoms with Crippen LogP contribution in [0, 0.1) is 0 Å². The first kappa shape index (κ1) is 34.9. The molecule has 2 unspecified atom stereocenters. The molecule has 4 heterocycles. The van der Waals surface area contributed by atoms with E-state index in [1.165, 1.54) is 0 Å². The second kappa shape index (κ2) is 13.0. The molecule has 0 amide bonds. The molecule has 0 spiro atoms. The zero-order valence-corrected chi connectivity index (χ0v) is 32.8. The molecule has 0 aromatic heterocycles. The first-order valence-corrected chi connectivity index (χ1v) is 18.4. The number of anilines is 2. The van der Waals surface area contributed by atoms with Crippen LogP contribution in [-0.4, -0.2) is 70.3 Å². The van der Waals surface area contributed by atoms with E-state index < -0.39 is 12.3 Å². The smallest absolute Gasteiger partial charge is 0.231 e. The van der Waals surface area contributed by atoms with Gasteiger partial charge in [-0.05, 0) is 35.0 Å². The number of nitrogens with zero attached hydrogens (tertiary/aromatic N) is 2. The summed E-state index contributed by atoms with van der Waals surface area (Å²) in [7, 11) is 14.1. The number of fused-ring (bicyclic) bond motifs is 12. The van der Waals surface area contributed by atoms with E-state index in [-0.39, 0.29) is 13.6 Å². The van der Waals surface area contributed by atoms with Crippen LogP contribution in [0.1, 0.15) is 23.5 Å². The van der Waals surface area contributed by atoms with Crippen LogP contribution in [0.25, 0.3) is 43.8 Å². The van der Waals surface area contributed by atoms with Gasteiger partial charge in [0, 0.05) is 70.4 Å². The lowest BCUT2D eigenvalue weighted by atomic mass is 9.85. The van der Waals surface area contributed by atoms with Crippen molar-refractivity contribution in [1.82, 2.24) is 5.32 Å². The molecule has 10 rings (SSSR count). The van der Waals surface area contributed by atoms with Crippen LogP contribution in [0.3, 0.4) is 0 Å². The molecule has 2 atom stereocenters. The molecule has 4 aliphatic rings. The fourth-order valence-electron chi connectivity index (χ4n) is 9.14. The number of ether oxygens (including phenoxy) is 10. The Morgan fingerprint density at radius 3 is 1.25 bits per heavy atom. The van der Waals surface area contributed by atoms with Gasteiger partial charge in [0.25, 0.3) is 0 Å². The maximum atomic E-state index is 6.25. The van der Waals surface area contributed by atoms with Crippen LogP contribution in [0.2, 0.25) is 0 Å². The van der Waals surface area contributed by atoms with Gasteiger partial charge in [-0.25, -0.2) is 0 Å². The van der Waals surface area contributed by atoms with Crippen molar-refractivity contribution in [2.45, 2.75) is 12.3 Å². The molecule has 13 heteroatoms. The van der Waals surface area contributed by atoms with E-state index in [4.69, 9.17) is 47.4 Å². The first-order chi connectivity index (χ1) is 27.8. The van der Waals surface area contributed by atoms with Crippen LogP contribution in [0.15, 0.2) is 60.7 Å². The van der Waals surface area contributed by atoms with E-state index in [0.29, 0.717) is 57.5 Å². The Bertz CT molecular complexity index is 2480. The Kier molecular flexibility index (Phi) is 7.94. The van der Waals surface area contributed by atoms with Crippen LogP contribution >= 0.6 is 0 Å². The summed E-state index contributed by atoms with van der Waals surface area (Å²) in [6.07, 6.45) is -1.11. The predicted molar refractivity (Wildman–Crippen MR) is 216 cm³/mol. The first-order valence-electron chi connectivity index (χ1n) is 18.4. The molecule has 0 radical (unpaired) electrons. The second-order valence-corrected chi connectivity index (χ2v) is 14.2. The highest BCUT2D eigenvalue weighted by atomic mass is 16.7. The molecule has 0 saturated carbocycles. The highest BCUT2D eigenvalue weighted by Crippen LogP contribution is 2.60. The SMILES string of the molecule is COc1cc(OC)c2c(c1OC)C(NC1c3c(OC)c(OC)cc(OC)c3-c3ccc4cc5c(cc4c3N1C)OCO5)N(C)c1c-2ccc2cc3c(cc12)OCO3. The average molecular weight is 772 g/mol. The summed E-state index contributed by atoms with van der Waals surface area (Å²) in [5.41, 5.74) is 7.25. The average Bonchev–Trinajstić information content (AvgIpc) is 3.91. The second-order valence-electron chi connectivity index (χ2n) is 14.2. The number of hydrogen-bond acceptors (Lipinski definition) is 13. The third-order valence-corrected chi connectivity index (χ3v) is 11.6. The number of methoxy groups -OCH3 is 6. The molecule has 0 fully saturated rings. The number of hydrogen-bond donors (Lipinski definition) is 1. The summed E-state index contributed by atoms with van der Waals surface area (Å²) in [5.74, 6) is 6.28. The van der Waals surface area contributed by atoms with Crippen molar-refractivity contribution in [1.29, 1.82) is 0 Å². The number of benzene rings is 6. The van der Waals surface area contributed by atoms with Crippen molar-refractivity contribution >= 4 is 32.9 Å². The Hall–Kier alpha value is -6.60. The van der Waals surface area contributed by atoms with Gasteiger partial charge in [0.15, 0.2) is 46.0 Å². The van der Waals surface area contributed by atoms with Crippen molar-refractivity contribution < 1.29 is 47.4 Å². The Morgan fingerprint density at radius 1 is 0.491 bits per heavy atom. The number of nitrogens with one attached hydrogen (secondary N) is 1. The highest BCUT2D eigenvalue weighted by molar-refractivity contribution is 6.08. The molecular weight excluding hydrogens is 730 g/mol. The van der Waals surface area contributed by atoms with Gasteiger partial charge in [-0.2, -0.15) is 0 Å². The van der Waals surface area contributed by atoms with Gasteiger partial charge in [0.2, 0.25) is 13.6 Å². The maximum Gasteiger partial charge on any atom is 0.231 e. The largest absolute Gasteiger partial charge is 0.496 e. The zero-order valence-electron chi connectivity index (χ0n) is 32.8. The van der Waals surface area contributed by atoms with E-state index in [9.17, 15) is 0 Å². The van der Waals surface area contributed by atoms with Crippen molar-refractivity contribution in [2.24, 2.45) is 0 Å². The van der Waals surface area contributed by atoms with Gasteiger partial charge in [0.1, 0.15) is 23.8 Å². The zero-order chi connectivity index (χ0) is 39.3. The fraction of sp³-hybridized carbons (Fsp3) is 0.273. The summed E-state index contributed by atoms with van der Waals surface area (Å²) in [6, 6.07) is 20.3. The highest BCUT2D eigenvalue weighted by Gasteiger charge is 2.43. The minimum Gasteiger partial charge on any atom is -0.496 e. The molecule has 6 aromatic carbocycles. The van der Waals surface area contributed by atoms with Crippen LogP contribution in [-0.2, 0) is 0 Å². The van der Waals surface area contributed by atoms with Gasteiger partial charge >= 0.3 is 0 Å². The van der Waals surface area contributed by atoms with Crippen molar-refractivity contribution in [3.63, 3.8) is 0 Å². The molecule has 4 aliphatic heterocycles. The van der Waals surface area contributed by atoms with Gasteiger partial charge in [-0.1, -0.05) is 24.3 Å². The van der Waals surface area contributed by atoms with E-state index in [0.717, 1.165) is 66.3 Å². The molecule has 6 aromatic rings. The molecule has 292 valence electrons. The van der Waals surface area contributed by atoms with Crippen LogP contribution < -0.4 is 62.5 Å². The predicted octanol–water partition coefficient (Wildman–Crippen LogP) is 8.02. The van der Waals surface area contributed by atoms with E-state index >= 15 is 0 Å². The van der Waals surface area contributed by atoms with Crippen molar-refractivity contribution in [3.8, 4) is 79.7 Å². The summed E-state index contributed by atoms with van der Waals surface area (Å²) >= 11 is 0. The molecule has 0 aliphatic carbocycles. The summed E-state index contributed by atoms with van der Waals surface area (Å²) < 4.78 is 60.1. The molecule has 0 bridgehead atoms.